The number of carbonyl (C=O) groups excluding carboxylic acids is 3. The number of carboxylic acid groups (broad SMARTS) is 1. The van der Waals surface area contributed by atoms with E-state index in [1.54, 1.807) is 31.2 Å². The minimum Gasteiger partial charge on any atom is -0.543 e. The Morgan fingerprint density at radius 1 is 1.19 bits per heavy atom. The number of hydrogen-bond donors (Lipinski definition) is 1. The molecular formula is C22H19N2O7S-. The van der Waals surface area contributed by atoms with Crippen LogP contribution in [-0.4, -0.2) is 59.2 Å². The smallest absolute Gasteiger partial charge is 0.268 e. The van der Waals surface area contributed by atoms with Crippen LogP contribution in [0.3, 0.4) is 0 Å². The van der Waals surface area contributed by atoms with Gasteiger partial charge < -0.3 is 19.9 Å². The molecule has 2 aromatic carbocycles. The highest BCUT2D eigenvalue weighted by atomic mass is 32.2. The molecule has 9 nitrogen and oxygen atoms in total. The molecule has 10 heteroatoms. The molecule has 3 aliphatic heterocycles. The second kappa shape index (κ2) is 6.63. The number of amides is 2. The van der Waals surface area contributed by atoms with E-state index in [-0.39, 0.29) is 16.0 Å². The Labute approximate surface area is 183 Å². The average molecular weight is 455 g/mol. The summed E-state index contributed by atoms with van der Waals surface area (Å²) in [6, 6.07) is 8.96. The minimum absolute atomic E-state index is 0.0346. The topological polar surface area (TPSA) is 135 Å². The number of aliphatic hydroxyl groups is 1. The van der Waals surface area contributed by atoms with Crippen LogP contribution in [-0.2, 0) is 19.6 Å². The molecule has 0 bridgehead atoms. The van der Waals surface area contributed by atoms with Crippen molar-refractivity contribution in [1.29, 1.82) is 0 Å². The van der Waals surface area contributed by atoms with Crippen LogP contribution in [0, 0.1) is 11.8 Å². The lowest BCUT2D eigenvalue weighted by molar-refractivity contribution is -0.301. The number of fused-ring (bicyclic) bond motifs is 1. The maximum atomic E-state index is 13.4. The maximum absolute atomic E-state index is 13.4. The summed E-state index contributed by atoms with van der Waals surface area (Å²) in [6.45, 7) is 2.57. The number of hydrogen-bond acceptors (Lipinski definition) is 7. The van der Waals surface area contributed by atoms with Crippen molar-refractivity contribution in [3.8, 4) is 0 Å². The van der Waals surface area contributed by atoms with Crippen molar-refractivity contribution in [3.05, 3.63) is 53.2 Å². The zero-order valence-corrected chi connectivity index (χ0v) is 18.0. The molecule has 32 heavy (non-hydrogen) atoms. The van der Waals surface area contributed by atoms with Crippen molar-refractivity contribution >= 4 is 38.6 Å². The number of carboxylic acids is 1. The molecule has 3 aliphatic rings. The van der Waals surface area contributed by atoms with Crippen LogP contribution in [0.1, 0.15) is 24.2 Å². The van der Waals surface area contributed by atoms with Crippen molar-refractivity contribution in [2.24, 2.45) is 11.8 Å². The molecule has 2 aromatic rings. The highest BCUT2D eigenvalue weighted by Gasteiger charge is 2.59. The summed E-state index contributed by atoms with van der Waals surface area (Å²) in [4.78, 5) is 38.7. The molecule has 3 heterocycles. The number of sulfonamides is 1. The second-order valence-electron chi connectivity index (χ2n) is 8.39. The molecule has 0 radical (unpaired) electrons. The van der Waals surface area contributed by atoms with Crippen LogP contribution >= 0.6 is 0 Å². The molecular weight excluding hydrogens is 436 g/mol. The van der Waals surface area contributed by atoms with E-state index in [0.717, 1.165) is 4.90 Å². The molecule has 0 spiro atoms. The molecule has 5 rings (SSSR count). The predicted molar refractivity (Wildman–Crippen MR) is 109 cm³/mol. The van der Waals surface area contributed by atoms with Gasteiger partial charge in [0.25, 0.3) is 15.9 Å². The normalized spacial score (nSPS) is 26.9. The molecule has 1 N–H and O–H groups in total. The first-order valence-electron chi connectivity index (χ1n) is 10.1. The van der Waals surface area contributed by atoms with Gasteiger partial charge in [-0.2, -0.15) is 0 Å². The van der Waals surface area contributed by atoms with Crippen LogP contribution in [0.15, 0.2) is 52.6 Å². The van der Waals surface area contributed by atoms with Gasteiger partial charge in [-0.05, 0) is 30.0 Å². The van der Waals surface area contributed by atoms with Gasteiger partial charge in [-0.15, -0.1) is 0 Å². The number of aliphatic hydroxyl groups excluding tert-OH is 1. The Balaban J connectivity index is 1.62. The standard InChI is InChI=1S/C22H20N2O7S/c1-10-14(19(22(28)29)24-18(10)16(11(2)25)21(24)27)9-23-20(26)13-7-3-5-12-6-4-8-15(17(12)13)32(23,30)31/h3-8,10-11,16,18,25H,9H2,1-2H3,(H,28,29)/p-1/t10-,11+,16+,18+/m0/s1. The van der Waals surface area contributed by atoms with E-state index in [9.17, 15) is 33.0 Å². The number of rotatable bonds is 4. The lowest BCUT2D eigenvalue weighted by Gasteiger charge is -2.47. The van der Waals surface area contributed by atoms with Crippen molar-refractivity contribution in [3.63, 3.8) is 0 Å². The van der Waals surface area contributed by atoms with Crippen LogP contribution in [0.4, 0.5) is 0 Å². The molecule has 0 aromatic heterocycles. The Hall–Kier alpha value is -3.24. The van der Waals surface area contributed by atoms with Crippen LogP contribution < -0.4 is 5.11 Å². The number of nitrogens with zero attached hydrogens (tertiary/aromatic N) is 2. The predicted octanol–water partition coefficient (Wildman–Crippen LogP) is -0.154. The van der Waals surface area contributed by atoms with Crippen molar-refractivity contribution in [2.45, 2.75) is 30.9 Å². The van der Waals surface area contributed by atoms with Gasteiger partial charge in [0.1, 0.15) is 0 Å². The third-order valence-corrected chi connectivity index (χ3v) is 8.49. The monoisotopic (exact) mass is 455 g/mol. The first-order chi connectivity index (χ1) is 15.1. The van der Waals surface area contributed by atoms with E-state index in [0.29, 0.717) is 15.1 Å². The Morgan fingerprint density at radius 2 is 1.84 bits per heavy atom. The summed E-state index contributed by atoms with van der Waals surface area (Å²) in [5.74, 6) is -4.35. The van der Waals surface area contributed by atoms with Gasteiger partial charge in [-0.25, -0.2) is 12.7 Å². The average Bonchev–Trinajstić information content (AvgIpc) is 2.97. The van der Waals surface area contributed by atoms with E-state index in [1.165, 1.54) is 19.1 Å². The summed E-state index contributed by atoms with van der Waals surface area (Å²) in [7, 11) is -4.27. The Kier molecular flexibility index (Phi) is 4.28. The minimum atomic E-state index is -4.27. The number of β-lactam (4-membered cyclic amide) rings is 1. The van der Waals surface area contributed by atoms with Crippen molar-refractivity contribution < 1.29 is 33.0 Å². The van der Waals surface area contributed by atoms with E-state index < -0.39 is 64.0 Å². The highest BCUT2D eigenvalue weighted by molar-refractivity contribution is 7.90. The first kappa shape index (κ1) is 20.7. The molecule has 0 saturated carbocycles. The highest BCUT2D eigenvalue weighted by Crippen LogP contribution is 2.47. The Morgan fingerprint density at radius 3 is 2.47 bits per heavy atom. The van der Waals surface area contributed by atoms with Gasteiger partial charge in [0.2, 0.25) is 5.91 Å². The fraction of sp³-hybridized carbons (Fsp3) is 0.318. The third kappa shape index (κ3) is 2.47. The zero-order valence-electron chi connectivity index (χ0n) is 17.2. The van der Waals surface area contributed by atoms with Gasteiger partial charge in [0, 0.05) is 16.9 Å². The number of benzene rings is 2. The molecule has 1 saturated heterocycles. The first-order valence-corrected chi connectivity index (χ1v) is 11.6. The van der Waals surface area contributed by atoms with Gasteiger partial charge >= 0.3 is 0 Å². The molecule has 166 valence electrons. The number of carbonyl (C=O) groups is 3. The molecule has 2 amide bonds. The lowest BCUT2D eigenvalue weighted by Crippen LogP contribution is -2.64. The van der Waals surface area contributed by atoms with Crippen LogP contribution in [0.2, 0.25) is 0 Å². The SMILES string of the molecule is C[C@@H](O)[C@H]1C(=O)N2C(C(=O)[O-])=C(CN3C(=O)c4cccc5cccc(c45)S3(=O)=O)[C@H](C)[C@H]12. The Bertz CT molecular complexity index is 1360. The van der Waals surface area contributed by atoms with Gasteiger partial charge in [0.15, 0.2) is 0 Å². The van der Waals surface area contributed by atoms with E-state index in [4.69, 9.17) is 0 Å². The van der Waals surface area contributed by atoms with E-state index in [2.05, 4.69) is 0 Å². The van der Waals surface area contributed by atoms with Crippen LogP contribution in [0.25, 0.3) is 10.8 Å². The van der Waals surface area contributed by atoms with Crippen LogP contribution in [0.5, 0.6) is 0 Å². The summed E-state index contributed by atoms with van der Waals surface area (Å²) in [6.07, 6.45) is -1.00. The van der Waals surface area contributed by atoms with Gasteiger partial charge in [0.05, 0.1) is 41.2 Å². The van der Waals surface area contributed by atoms with E-state index in [1.807, 2.05) is 0 Å². The zero-order chi connectivity index (χ0) is 23.1. The third-order valence-electron chi connectivity index (χ3n) is 6.71. The van der Waals surface area contributed by atoms with E-state index >= 15 is 0 Å². The molecule has 0 unspecified atom stereocenters. The van der Waals surface area contributed by atoms with Crippen molar-refractivity contribution in [1.82, 2.24) is 9.21 Å². The fourth-order valence-electron chi connectivity index (χ4n) is 5.22. The second-order valence-corrected chi connectivity index (χ2v) is 10.2. The lowest BCUT2D eigenvalue weighted by atomic mass is 9.78. The molecule has 1 fully saturated rings. The summed E-state index contributed by atoms with van der Waals surface area (Å²) in [5, 5.41) is 22.8. The van der Waals surface area contributed by atoms with Gasteiger partial charge in [-0.1, -0.05) is 31.2 Å². The van der Waals surface area contributed by atoms with Crippen molar-refractivity contribution in [2.75, 3.05) is 6.54 Å². The molecule has 4 atom stereocenters. The maximum Gasteiger partial charge on any atom is 0.268 e. The molecule has 0 aliphatic carbocycles. The summed E-state index contributed by atoms with van der Waals surface area (Å²) >= 11 is 0. The van der Waals surface area contributed by atoms with Gasteiger partial charge in [-0.3, -0.25) is 9.59 Å². The number of aliphatic carboxylic acids is 1. The summed E-state index contributed by atoms with van der Waals surface area (Å²) in [5.41, 5.74) is -0.116. The fourth-order valence-corrected chi connectivity index (χ4v) is 6.82. The largest absolute Gasteiger partial charge is 0.543 e. The quantitative estimate of drug-likeness (QED) is 0.633. The summed E-state index contributed by atoms with van der Waals surface area (Å²) < 4.78 is 27.4.